The van der Waals surface area contributed by atoms with Crippen LogP contribution in [-0.2, 0) is 14.6 Å². The molecular formula is C19H24N2O5S. The molecule has 7 nitrogen and oxygen atoms in total. The van der Waals surface area contributed by atoms with Crippen LogP contribution in [0.5, 0.6) is 0 Å². The zero-order chi connectivity index (χ0) is 19.8. The summed E-state index contributed by atoms with van der Waals surface area (Å²) in [6.45, 7) is 4.08. The van der Waals surface area contributed by atoms with Gasteiger partial charge in [0.25, 0.3) is 11.8 Å². The summed E-state index contributed by atoms with van der Waals surface area (Å²) in [6.07, 6.45) is 0.784. The van der Waals surface area contributed by atoms with Crippen molar-refractivity contribution in [2.24, 2.45) is 5.92 Å². The number of likely N-dealkylation sites (tertiary alicyclic amines) is 1. The lowest BCUT2D eigenvalue weighted by Crippen LogP contribution is -2.47. The van der Waals surface area contributed by atoms with Crippen LogP contribution < -0.4 is 0 Å². The third kappa shape index (κ3) is 3.90. The van der Waals surface area contributed by atoms with Gasteiger partial charge in [-0.05, 0) is 30.9 Å². The number of nitrogens with zero attached hydrogens (tertiary/aromatic N) is 2. The van der Waals surface area contributed by atoms with E-state index in [1.165, 1.54) is 0 Å². The summed E-state index contributed by atoms with van der Waals surface area (Å²) in [7, 11) is -3.16. The fourth-order valence-electron chi connectivity index (χ4n) is 3.68. The molecule has 146 valence electrons. The lowest BCUT2D eigenvalue weighted by Gasteiger charge is -2.32. The quantitative estimate of drug-likeness (QED) is 0.705. The second-order valence-electron chi connectivity index (χ2n) is 7.55. The standard InChI is InChI=1S/C19H24N2O5S/c1-13(2)12-27(25,26)14-7-9-20(10-8-14)17(22)11-21-18(23)15-5-3-4-6-16(15)19(21)24/h3-6,13-14H,7-12H2,1-2H3. The molecule has 1 aromatic rings. The highest BCUT2D eigenvalue weighted by molar-refractivity contribution is 7.92. The van der Waals surface area contributed by atoms with Gasteiger partial charge in [-0.2, -0.15) is 0 Å². The van der Waals surface area contributed by atoms with Gasteiger partial charge >= 0.3 is 0 Å². The van der Waals surface area contributed by atoms with Crippen LogP contribution in [0.3, 0.4) is 0 Å². The van der Waals surface area contributed by atoms with Crippen molar-refractivity contribution in [1.82, 2.24) is 9.80 Å². The molecule has 2 heterocycles. The van der Waals surface area contributed by atoms with Gasteiger partial charge in [0, 0.05) is 13.1 Å². The molecule has 0 radical (unpaired) electrons. The first-order chi connectivity index (χ1) is 12.7. The molecule has 2 aliphatic rings. The predicted octanol–water partition coefficient (Wildman–Crippen LogP) is 1.34. The van der Waals surface area contributed by atoms with Crippen LogP contribution in [0.15, 0.2) is 24.3 Å². The zero-order valence-electron chi connectivity index (χ0n) is 15.6. The fourth-order valence-corrected chi connectivity index (χ4v) is 5.81. The van der Waals surface area contributed by atoms with Crippen molar-refractivity contribution in [3.8, 4) is 0 Å². The maximum Gasteiger partial charge on any atom is 0.262 e. The van der Waals surface area contributed by atoms with Gasteiger partial charge in [0.2, 0.25) is 5.91 Å². The Hall–Kier alpha value is -2.22. The molecule has 3 amide bonds. The maximum atomic E-state index is 12.6. The molecule has 0 saturated carbocycles. The molecule has 0 spiro atoms. The Bertz CT molecular complexity index is 835. The van der Waals surface area contributed by atoms with E-state index in [1.807, 2.05) is 13.8 Å². The Morgan fingerprint density at radius 3 is 2.07 bits per heavy atom. The van der Waals surface area contributed by atoms with Gasteiger partial charge in [-0.3, -0.25) is 19.3 Å². The first kappa shape index (κ1) is 19.5. The third-order valence-electron chi connectivity index (χ3n) is 5.04. The minimum absolute atomic E-state index is 0.0727. The van der Waals surface area contributed by atoms with Gasteiger partial charge in [0.05, 0.1) is 22.1 Å². The molecule has 0 aliphatic carbocycles. The fraction of sp³-hybridized carbons (Fsp3) is 0.526. The van der Waals surface area contributed by atoms with Crippen LogP contribution in [-0.4, -0.2) is 66.6 Å². The lowest BCUT2D eigenvalue weighted by molar-refractivity contribution is -0.132. The average Bonchev–Trinajstić information content (AvgIpc) is 2.86. The molecule has 0 atom stereocenters. The molecule has 0 bridgehead atoms. The molecule has 1 saturated heterocycles. The monoisotopic (exact) mass is 392 g/mol. The topological polar surface area (TPSA) is 91.8 Å². The van der Waals surface area contributed by atoms with Crippen molar-refractivity contribution < 1.29 is 22.8 Å². The highest BCUT2D eigenvalue weighted by atomic mass is 32.2. The van der Waals surface area contributed by atoms with Crippen molar-refractivity contribution >= 4 is 27.6 Å². The number of rotatable bonds is 5. The number of imide groups is 1. The number of carbonyl (C=O) groups excluding carboxylic acids is 3. The third-order valence-corrected chi connectivity index (χ3v) is 7.66. The second kappa shape index (κ2) is 7.42. The first-order valence-electron chi connectivity index (χ1n) is 9.15. The Balaban J connectivity index is 1.60. The molecule has 8 heteroatoms. The van der Waals surface area contributed by atoms with Gasteiger partial charge < -0.3 is 4.90 Å². The number of sulfone groups is 1. The van der Waals surface area contributed by atoms with E-state index in [2.05, 4.69) is 0 Å². The molecule has 0 unspecified atom stereocenters. The Kier molecular flexibility index (Phi) is 5.37. The van der Waals surface area contributed by atoms with Crippen molar-refractivity contribution in [1.29, 1.82) is 0 Å². The number of piperidine rings is 1. The van der Waals surface area contributed by atoms with Gasteiger partial charge in [0.15, 0.2) is 9.84 Å². The molecule has 1 aromatic carbocycles. The number of benzene rings is 1. The van der Waals surface area contributed by atoms with Crippen molar-refractivity contribution in [3.05, 3.63) is 35.4 Å². The normalized spacial score (nSPS) is 18.3. The minimum atomic E-state index is -3.16. The smallest absolute Gasteiger partial charge is 0.262 e. The van der Waals surface area contributed by atoms with E-state index >= 15 is 0 Å². The van der Waals surface area contributed by atoms with E-state index in [0.717, 1.165) is 4.90 Å². The molecule has 0 N–H and O–H groups in total. The van der Waals surface area contributed by atoms with Gasteiger partial charge in [-0.25, -0.2) is 8.42 Å². The largest absolute Gasteiger partial charge is 0.341 e. The Morgan fingerprint density at radius 2 is 1.59 bits per heavy atom. The van der Waals surface area contributed by atoms with E-state index in [1.54, 1.807) is 29.2 Å². The number of amides is 3. The molecule has 1 fully saturated rings. The van der Waals surface area contributed by atoms with E-state index in [4.69, 9.17) is 0 Å². The molecular weight excluding hydrogens is 368 g/mol. The second-order valence-corrected chi connectivity index (χ2v) is 9.87. The van der Waals surface area contributed by atoms with E-state index in [0.29, 0.717) is 37.1 Å². The zero-order valence-corrected chi connectivity index (χ0v) is 16.4. The average molecular weight is 392 g/mol. The number of carbonyl (C=O) groups is 3. The number of hydrogen-bond donors (Lipinski definition) is 0. The summed E-state index contributed by atoms with van der Waals surface area (Å²) in [5, 5.41) is -0.428. The highest BCUT2D eigenvalue weighted by Gasteiger charge is 2.38. The molecule has 3 rings (SSSR count). The summed E-state index contributed by atoms with van der Waals surface area (Å²) in [5.41, 5.74) is 0.627. The van der Waals surface area contributed by atoms with Crippen LogP contribution in [0.25, 0.3) is 0 Å². The van der Waals surface area contributed by atoms with E-state index < -0.39 is 26.9 Å². The van der Waals surface area contributed by atoms with Crippen molar-refractivity contribution in [2.45, 2.75) is 31.9 Å². The van der Waals surface area contributed by atoms with Crippen molar-refractivity contribution in [3.63, 3.8) is 0 Å². The number of hydrogen-bond acceptors (Lipinski definition) is 5. The molecule has 27 heavy (non-hydrogen) atoms. The summed E-state index contributed by atoms with van der Waals surface area (Å²) in [4.78, 5) is 39.8. The Morgan fingerprint density at radius 1 is 1.07 bits per heavy atom. The van der Waals surface area contributed by atoms with Crippen LogP contribution >= 0.6 is 0 Å². The SMILES string of the molecule is CC(C)CS(=O)(=O)C1CCN(C(=O)CN2C(=O)c3ccccc3C2=O)CC1. The van der Waals surface area contributed by atoms with Crippen LogP contribution in [0, 0.1) is 5.92 Å². The summed E-state index contributed by atoms with van der Waals surface area (Å²) in [5.74, 6) is -1.02. The summed E-state index contributed by atoms with van der Waals surface area (Å²) in [6, 6.07) is 6.51. The van der Waals surface area contributed by atoms with Crippen LogP contribution in [0.2, 0.25) is 0 Å². The minimum Gasteiger partial charge on any atom is -0.341 e. The van der Waals surface area contributed by atoms with Gasteiger partial charge in [-0.1, -0.05) is 26.0 Å². The first-order valence-corrected chi connectivity index (χ1v) is 10.9. The maximum absolute atomic E-state index is 12.6. The molecule has 0 aromatic heterocycles. The lowest BCUT2D eigenvalue weighted by atomic mass is 10.1. The summed E-state index contributed by atoms with van der Waals surface area (Å²) < 4.78 is 24.7. The summed E-state index contributed by atoms with van der Waals surface area (Å²) >= 11 is 0. The van der Waals surface area contributed by atoms with Gasteiger partial charge in [0.1, 0.15) is 6.54 Å². The van der Waals surface area contributed by atoms with Crippen molar-refractivity contribution in [2.75, 3.05) is 25.4 Å². The highest BCUT2D eigenvalue weighted by Crippen LogP contribution is 2.24. The van der Waals surface area contributed by atoms with E-state index in [9.17, 15) is 22.8 Å². The molecule has 2 aliphatic heterocycles. The van der Waals surface area contributed by atoms with Gasteiger partial charge in [-0.15, -0.1) is 0 Å². The van der Waals surface area contributed by atoms with E-state index in [-0.39, 0.29) is 24.1 Å². The van der Waals surface area contributed by atoms with Crippen LogP contribution in [0.4, 0.5) is 0 Å². The van der Waals surface area contributed by atoms with Crippen LogP contribution in [0.1, 0.15) is 47.4 Å². The Labute approximate surface area is 159 Å². The number of fused-ring (bicyclic) bond motifs is 1. The predicted molar refractivity (Wildman–Crippen MR) is 100 cm³/mol.